The largest absolute Gasteiger partial charge is 0.481 e. The van der Waals surface area contributed by atoms with Crippen LogP contribution in [0.2, 0.25) is 0 Å². The van der Waals surface area contributed by atoms with Gasteiger partial charge >= 0.3 is 11.9 Å². The lowest BCUT2D eigenvalue weighted by molar-refractivity contribution is -0.382. The summed E-state index contributed by atoms with van der Waals surface area (Å²) in [5.74, 6) is -3.81. The first-order valence-corrected chi connectivity index (χ1v) is 30.9. The summed E-state index contributed by atoms with van der Waals surface area (Å²) in [6.45, 7) is 10.1. The van der Waals surface area contributed by atoms with Crippen LogP contribution in [0, 0.1) is 50.2 Å². The van der Waals surface area contributed by atoms with Crippen molar-refractivity contribution in [3.63, 3.8) is 0 Å². The zero-order valence-corrected chi connectivity index (χ0v) is 50.5. The van der Waals surface area contributed by atoms with Gasteiger partial charge in [0.25, 0.3) is 0 Å². The zero-order chi connectivity index (χ0) is 64.4. The lowest BCUT2D eigenvalue weighted by Crippen LogP contribution is -2.71. The van der Waals surface area contributed by atoms with Crippen LogP contribution in [0.15, 0.2) is 11.6 Å². The average Bonchev–Trinajstić information content (AvgIpc) is 0.673. The van der Waals surface area contributed by atoms with E-state index in [2.05, 4.69) is 26.8 Å². The van der Waals surface area contributed by atoms with Crippen molar-refractivity contribution in [1.29, 1.82) is 0 Å². The van der Waals surface area contributed by atoms with Crippen LogP contribution in [0.3, 0.4) is 0 Å². The van der Waals surface area contributed by atoms with E-state index in [0.29, 0.717) is 32.1 Å². The molecule has 88 heavy (non-hydrogen) atoms. The number of aliphatic hydroxyl groups is 16. The molecular weight excluding hydrogens is 1170 g/mol. The molecule has 5 heterocycles. The molecule has 34 atom stereocenters. The van der Waals surface area contributed by atoms with Gasteiger partial charge in [0.15, 0.2) is 31.3 Å². The molecule has 504 valence electrons. The minimum atomic E-state index is -1.98. The highest BCUT2D eigenvalue weighted by atomic mass is 16.8. The maximum absolute atomic E-state index is 15.5. The molecule has 0 aromatic carbocycles. The summed E-state index contributed by atoms with van der Waals surface area (Å²) in [6.07, 6.45) is -39.0. The normalized spacial score (nSPS) is 54.6. The van der Waals surface area contributed by atoms with E-state index in [1.807, 2.05) is 6.92 Å². The Balaban J connectivity index is 0.910. The maximum Gasteiger partial charge on any atom is 0.315 e. The third-order valence-corrected chi connectivity index (χ3v) is 23.1. The van der Waals surface area contributed by atoms with Crippen molar-refractivity contribution in [2.75, 3.05) is 26.4 Å². The standard InChI is InChI=1S/C59H94O29/c1-22-32(65)37(70)44(85-48-42(75)39(72)43(23(2)81-48)84-47-40(73)33(66)27(64)20-79-47)50(80-22)88-53(78)58-13-12-54(3,4)16-25(58)24-8-9-30-55(5)17-26(63)46(57(7,52(76)77)31(55)10-11-56(30,6)59(24,21-62)15-14-58)87-51-45(38(71)35(68)29(19-61)83-51)86-49-41(74)36(69)34(67)28(18-60)82-49/h8,22-23,25-51,60-75H,9-21H2,1-7H3,(H,76,77)/t22-,23+,25+,26+,27-,28-,29-,30-,31-,32+,33+,34+,35-,36+,37+,38+,39+,40-,41-,42-,43+,44-,45-,46+,47+,48+,49+,50+,51+,55-,56-,57+,58+,59+/m1/s1. The van der Waals surface area contributed by atoms with E-state index < -0.39 is 236 Å². The number of aliphatic carboxylic acids is 1. The Morgan fingerprint density at radius 2 is 1.09 bits per heavy atom. The first kappa shape index (κ1) is 68.5. The molecule has 0 spiro atoms. The fourth-order valence-corrected chi connectivity index (χ4v) is 17.8. The number of carbonyl (C=O) groups excluding carboxylic acids is 1. The van der Waals surface area contributed by atoms with Crippen LogP contribution < -0.4 is 0 Å². The van der Waals surface area contributed by atoms with Crippen LogP contribution in [-0.4, -0.2) is 285 Å². The van der Waals surface area contributed by atoms with Crippen LogP contribution in [0.25, 0.3) is 0 Å². The van der Waals surface area contributed by atoms with Crippen LogP contribution in [-0.2, 0) is 57.0 Å². The predicted molar refractivity (Wildman–Crippen MR) is 291 cm³/mol. The van der Waals surface area contributed by atoms with Crippen molar-refractivity contribution in [3.8, 4) is 0 Å². The lowest BCUT2D eigenvalue weighted by atomic mass is 9.33. The van der Waals surface area contributed by atoms with Gasteiger partial charge in [-0.25, -0.2) is 0 Å². The number of carboxylic acid groups (broad SMARTS) is 1. The van der Waals surface area contributed by atoms with Gasteiger partial charge in [0.1, 0.15) is 104 Å². The Bertz CT molecular complexity index is 2510. The molecule has 0 aromatic heterocycles. The Labute approximate surface area is 508 Å². The van der Waals surface area contributed by atoms with Crippen LogP contribution in [0.5, 0.6) is 0 Å². The first-order chi connectivity index (χ1) is 41.2. The monoisotopic (exact) mass is 1270 g/mol. The molecular formula is C59H94O29. The second-order valence-corrected chi connectivity index (χ2v) is 28.4. The highest BCUT2D eigenvalue weighted by Crippen LogP contribution is 2.76. The zero-order valence-electron chi connectivity index (χ0n) is 50.5. The predicted octanol–water partition coefficient (Wildman–Crippen LogP) is -4.51. The van der Waals surface area contributed by atoms with Crippen molar-refractivity contribution < 1.29 is 144 Å². The number of esters is 1. The average molecular weight is 1270 g/mol. The van der Waals surface area contributed by atoms with E-state index >= 15 is 4.79 Å². The third-order valence-electron chi connectivity index (χ3n) is 23.1. The second kappa shape index (κ2) is 25.1. The fraction of sp³-hybridized carbons (Fsp3) is 0.932. The minimum absolute atomic E-state index is 0.0580. The quantitative estimate of drug-likeness (QED) is 0.0443. The summed E-state index contributed by atoms with van der Waals surface area (Å²) in [4.78, 5) is 29.6. The molecule has 29 heteroatoms. The second-order valence-electron chi connectivity index (χ2n) is 28.4. The Kier molecular flexibility index (Phi) is 19.6. The number of carbonyl (C=O) groups is 2. The van der Waals surface area contributed by atoms with Crippen LogP contribution in [0.4, 0.5) is 0 Å². The number of fused-ring (bicyclic) bond motifs is 7. The highest BCUT2D eigenvalue weighted by molar-refractivity contribution is 5.79. The van der Waals surface area contributed by atoms with Crippen molar-refractivity contribution in [2.24, 2.45) is 50.2 Å². The van der Waals surface area contributed by atoms with E-state index in [0.717, 1.165) is 5.57 Å². The molecule has 5 aliphatic heterocycles. The van der Waals surface area contributed by atoms with E-state index in [4.69, 9.17) is 47.4 Å². The number of hydrogen-bond donors (Lipinski definition) is 17. The van der Waals surface area contributed by atoms with E-state index in [1.165, 1.54) is 20.8 Å². The van der Waals surface area contributed by atoms with Crippen molar-refractivity contribution in [1.82, 2.24) is 0 Å². The van der Waals surface area contributed by atoms with Crippen molar-refractivity contribution in [3.05, 3.63) is 11.6 Å². The SMILES string of the molecule is C[C@@H]1O[C@@H](O[C@H]2[C@H](OC(=O)[C@]34CCC(C)(C)C[C@H]3C3=CC[C@@H]5[C@@]6(C)C[C@H](O)[C@H](O[C@@H]7O[C@H](CO)[C@@H](O)[C@H](O)[C@H]7O[C@@H]7O[C@H](CO)[C@H](O)[C@H](O)[C@H]7O)[C@@](C)(C(=O)O)[C@@H]6CC[C@@]5(C)[C@]3(CO)CC4)O[C@H](C)[C@H](O)[C@@H]2O)[C@H](O)[C@H](O)[C@H]1O[C@@H]1OC[C@@H](O)[C@H](O)[C@H]1O. The van der Waals surface area contributed by atoms with Gasteiger partial charge in [-0.3, -0.25) is 9.59 Å². The van der Waals surface area contributed by atoms with Crippen LogP contribution >= 0.6 is 0 Å². The van der Waals surface area contributed by atoms with Crippen LogP contribution in [0.1, 0.15) is 106 Å². The molecule has 17 N–H and O–H groups in total. The third kappa shape index (κ3) is 11.0. The molecule has 0 amide bonds. The van der Waals surface area contributed by atoms with E-state index in [-0.39, 0.29) is 37.7 Å². The van der Waals surface area contributed by atoms with Gasteiger partial charge in [-0.05, 0) is 113 Å². The van der Waals surface area contributed by atoms with E-state index in [9.17, 15) is 91.6 Å². The smallest absolute Gasteiger partial charge is 0.315 e. The molecule has 0 bridgehead atoms. The Morgan fingerprint density at radius 3 is 1.73 bits per heavy atom. The number of aliphatic hydroxyl groups excluding tert-OH is 16. The number of carboxylic acids is 1. The van der Waals surface area contributed by atoms with Gasteiger partial charge in [-0.1, -0.05) is 39.3 Å². The molecule has 10 rings (SSSR count). The summed E-state index contributed by atoms with van der Waals surface area (Å²) in [5, 5.41) is 187. The van der Waals surface area contributed by atoms with Gasteiger partial charge in [0, 0.05) is 5.41 Å². The van der Waals surface area contributed by atoms with Crippen molar-refractivity contribution >= 4 is 11.9 Å². The fourth-order valence-electron chi connectivity index (χ4n) is 17.8. The minimum Gasteiger partial charge on any atom is -0.481 e. The highest BCUT2D eigenvalue weighted by Gasteiger charge is 2.74. The Hall–Kier alpha value is -2.32. The molecule has 29 nitrogen and oxygen atoms in total. The topological polar surface area (TPSA) is 470 Å². The Morgan fingerprint density at radius 1 is 0.545 bits per heavy atom. The molecule has 0 unspecified atom stereocenters. The molecule has 0 radical (unpaired) electrons. The first-order valence-electron chi connectivity index (χ1n) is 30.9. The number of rotatable bonds is 14. The van der Waals surface area contributed by atoms with Crippen molar-refractivity contribution in [2.45, 2.75) is 266 Å². The number of allylic oxidation sites excluding steroid dienone is 1. The maximum atomic E-state index is 15.5. The summed E-state index contributed by atoms with van der Waals surface area (Å²) in [5.41, 5.74) is -5.56. The molecule has 9 fully saturated rings. The van der Waals surface area contributed by atoms with Gasteiger partial charge in [0.2, 0.25) is 6.29 Å². The summed E-state index contributed by atoms with van der Waals surface area (Å²) in [7, 11) is 0. The summed E-state index contributed by atoms with van der Waals surface area (Å²) < 4.78 is 59.5. The molecule has 5 saturated heterocycles. The molecule has 10 aliphatic rings. The number of hydrogen-bond acceptors (Lipinski definition) is 28. The van der Waals surface area contributed by atoms with Gasteiger partial charge < -0.3 is 134 Å². The summed E-state index contributed by atoms with van der Waals surface area (Å²) in [6, 6.07) is 0. The lowest BCUT2D eigenvalue weighted by Gasteiger charge is -2.71. The van der Waals surface area contributed by atoms with Gasteiger partial charge in [-0.2, -0.15) is 0 Å². The molecule has 0 aromatic rings. The van der Waals surface area contributed by atoms with Gasteiger partial charge in [-0.15, -0.1) is 0 Å². The molecule has 5 aliphatic carbocycles. The van der Waals surface area contributed by atoms with E-state index in [1.54, 1.807) is 0 Å². The number of ether oxygens (including phenoxy) is 10. The van der Waals surface area contributed by atoms with Gasteiger partial charge in [0.05, 0.1) is 55.6 Å². The molecule has 4 saturated carbocycles. The summed E-state index contributed by atoms with van der Waals surface area (Å²) >= 11 is 0.